The minimum Gasteiger partial charge on any atom is -0.484 e. The number of nitrogens with one attached hydrogen (secondary N) is 1. The zero-order valence-corrected chi connectivity index (χ0v) is 17.9. The summed E-state index contributed by atoms with van der Waals surface area (Å²) in [4.78, 5) is 38.3. The Morgan fingerprint density at radius 3 is 2.44 bits per heavy atom. The third-order valence-electron chi connectivity index (χ3n) is 4.49. The number of rotatable bonds is 7. The van der Waals surface area contributed by atoms with Crippen molar-refractivity contribution in [3.63, 3.8) is 0 Å². The fraction of sp³-hybridized carbons (Fsp3) is 0.130. The molecule has 0 aliphatic carbocycles. The summed E-state index contributed by atoms with van der Waals surface area (Å²) in [6.45, 7) is 1.62. The Hall–Kier alpha value is -3.98. The van der Waals surface area contributed by atoms with Crippen LogP contribution in [-0.2, 0) is 9.53 Å². The fourth-order valence-corrected chi connectivity index (χ4v) is 4.02. The zero-order chi connectivity index (χ0) is 22.5. The van der Waals surface area contributed by atoms with Crippen LogP contribution < -0.4 is 15.6 Å². The SMILES string of the molecule is CCOC(=O)c1nn(-c2ccccc2)c(=O)c2c(NC(=O)COc3ccccc3)scc12. The summed E-state index contributed by atoms with van der Waals surface area (Å²) >= 11 is 1.13. The molecule has 0 unspecified atom stereocenters. The van der Waals surface area contributed by atoms with Crippen molar-refractivity contribution in [3.05, 3.63) is 82.1 Å². The van der Waals surface area contributed by atoms with Crippen molar-refractivity contribution >= 4 is 39.0 Å². The van der Waals surface area contributed by atoms with Crippen molar-refractivity contribution in [1.82, 2.24) is 9.78 Å². The molecule has 4 rings (SSSR count). The standard InChI is InChI=1S/C23H19N3O5S/c1-2-30-23(29)20-17-14-32-21(24-18(27)13-31-16-11-7-4-8-12-16)19(17)22(28)26(25-20)15-9-5-3-6-10-15/h3-12,14H,2,13H2,1H3,(H,24,27). The fourth-order valence-electron chi connectivity index (χ4n) is 3.06. The largest absolute Gasteiger partial charge is 0.484 e. The maximum atomic E-state index is 13.3. The van der Waals surface area contributed by atoms with Gasteiger partial charge in [0.25, 0.3) is 11.5 Å². The van der Waals surface area contributed by atoms with Crippen LogP contribution in [0, 0.1) is 0 Å². The highest BCUT2D eigenvalue weighted by molar-refractivity contribution is 7.16. The molecule has 0 saturated heterocycles. The van der Waals surface area contributed by atoms with E-state index in [2.05, 4.69) is 10.4 Å². The van der Waals surface area contributed by atoms with E-state index in [1.807, 2.05) is 12.1 Å². The number of nitrogens with zero attached hydrogens (tertiary/aromatic N) is 2. The molecule has 2 aromatic carbocycles. The smallest absolute Gasteiger partial charge is 0.359 e. The van der Waals surface area contributed by atoms with Gasteiger partial charge in [0.15, 0.2) is 12.3 Å². The van der Waals surface area contributed by atoms with Crippen LogP contribution in [0.3, 0.4) is 0 Å². The zero-order valence-electron chi connectivity index (χ0n) is 17.1. The number of amides is 1. The van der Waals surface area contributed by atoms with Gasteiger partial charge in [0, 0.05) is 10.8 Å². The number of aromatic nitrogens is 2. The van der Waals surface area contributed by atoms with Gasteiger partial charge in [-0.1, -0.05) is 36.4 Å². The second-order valence-corrected chi connectivity index (χ2v) is 7.50. The van der Waals surface area contributed by atoms with Crippen LogP contribution in [0.1, 0.15) is 17.4 Å². The lowest BCUT2D eigenvalue weighted by Gasteiger charge is -2.10. The van der Waals surface area contributed by atoms with Crippen LogP contribution in [0.15, 0.2) is 70.8 Å². The molecule has 2 aromatic heterocycles. The maximum Gasteiger partial charge on any atom is 0.359 e. The van der Waals surface area contributed by atoms with Gasteiger partial charge in [0.05, 0.1) is 17.7 Å². The van der Waals surface area contributed by atoms with E-state index in [4.69, 9.17) is 9.47 Å². The monoisotopic (exact) mass is 449 g/mol. The van der Waals surface area contributed by atoms with Crippen molar-refractivity contribution in [2.45, 2.75) is 6.92 Å². The van der Waals surface area contributed by atoms with Crippen LogP contribution >= 0.6 is 11.3 Å². The van der Waals surface area contributed by atoms with E-state index in [0.717, 1.165) is 16.0 Å². The quantitative estimate of drug-likeness (QED) is 0.433. The Morgan fingerprint density at radius 1 is 1.06 bits per heavy atom. The summed E-state index contributed by atoms with van der Waals surface area (Å²) in [6, 6.07) is 17.7. The first-order chi connectivity index (χ1) is 15.6. The predicted octanol–water partition coefficient (Wildman–Crippen LogP) is 3.64. The number of esters is 1. The molecule has 1 N–H and O–H groups in total. The third-order valence-corrected chi connectivity index (χ3v) is 5.38. The van der Waals surface area contributed by atoms with E-state index < -0.39 is 17.4 Å². The summed E-state index contributed by atoms with van der Waals surface area (Å²) in [7, 11) is 0. The topological polar surface area (TPSA) is 99.5 Å². The lowest BCUT2D eigenvalue weighted by atomic mass is 10.2. The van der Waals surface area contributed by atoms with Gasteiger partial charge in [0.2, 0.25) is 0 Å². The Labute approximate surface area is 187 Å². The molecule has 8 nitrogen and oxygen atoms in total. The minimum absolute atomic E-state index is 0.00240. The Morgan fingerprint density at radius 2 is 1.75 bits per heavy atom. The number of benzene rings is 2. The molecule has 0 bridgehead atoms. The lowest BCUT2D eigenvalue weighted by molar-refractivity contribution is -0.118. The van der Waals surface area contributed by atoms with E-state index in [1.165, 1.54) is 0 Å². The average molecular weight is 449 g/mol. The number of carbonyl (C=O) groups is 2. The first kappa shape index (κ1) is 21.3. The number of carbonyl (C=O) groups excluding carboxylic acids is 2. The molecule has 162 valence electrons. The minimum atomic E-state index is -0.648. The van der Waals surface area contributed by atoms with Gasteiger partial charge in [-0.3, -0.25) is 9.59 Å². The van der Waals surface area contributed by atoms with Gasteiger partial charge in [0.1, 0.15) is 10.8 Å². The number of thiophene rings is 1. The molecule has 0 radical (unpaired) electrons. The number of anilines is 1. The first-order valence-corrected chi connectivity index (χ1v) is 10.7. The second kappa shape index (κ2) is 9.44. The number of hydrogen-bond donors (Lipinski definition) is 1. The van der Waals surface area contributed by atoms with Crippen LogP contribution in [0.4, 0.5) is 5.00 Å². The van der Waals surface area contributed by atoms with Gasteiger partial charge in [-0.25, -0.2) is 4.79 Å². The average Bonchev–Trinajstić information content (AvgIpc) is 3.23. The molecular weight excluding hydrogens is 430 g/mol. The van der Waals surface area contributed by atoms with E-state index in [9.17, 15) is 14.4 Å². The molecular formula is C23H19N3O5S. The van der Waals surface area contributed by atoms with E-state index in [0.29, 0.717) is 21.8 Å². The molecule has 4 aromatic rings. The Balaban J connectivity index is 1.72. The van der Waals surface area contributed by atoms with Crippen molar-refractivity contribution in [3.8, 4) is 11.4 Å². The van der Waals surface area contributed by atoms with Crippen molar-refractivity contribution in [1.29, 1.82) is 0 Å². The third kappa shape index (κ3) is 4.37. The van der Waals surface area contributed by atoms with Gasteiger partial charge in [-0.2, -0.15) is 9.78 Å². The number of hydrogen-bond acceptors (Lipinski definition) is 7. The molecule has 0 spiro atoms. The van der Waals surface area contributed by atoms with Crippen LogP contribution in [0.5, 0.6) is 5.75 Å². The number of ether oxygens (including phenoxy) is 2. The molecule has 1 amide bonds. The van der Waals surface area contributed by atoms with Crippen molar-refractivity contribution in [2.24, 2.45) is 0 Å². The highest BCUT2D eigenvalue weighted by atomic mass is 32.1. The predicted molar refractivity (Wildman–Crippen MR) is 122 cm³/mol. The summed E-state index contributed by atoms with van der Waals surface area (Å²) in [5.41, 5.74) is 0.0307. The van der Waals surface area contributed by atoms with Crippen LogP contribution in [0.2, 0.25) is 0 Å². The van der Waals surface area contributed by atoms with Crippen LogP contribution in [0.25, 0.3) is 16.5 Å². The van der Waals surface area contributed by atoms with Gasteiger partial charge in [-0.15, -0.1) is 11.3 Å². The van der Waals surface area contributed by atoms with Gasteiger partial charge in [-0.05, 0) is 31.2 Å². The van der Waals surface area contributed by atoms with Crippen LogP contribution in [-0.4, -0.2) is 34.9 Å². The molecule has 0 atom stereocenters. The van der Waals surface area contributed by atoms with Gasteiger partial charge >= 0.3 is 5.97 Å². The molecule has 0 aliphatic heterocycles. The van der Waals surface area contributed by atoms with Crippen molar-refractivity contribution < 1.29 is 19.1 Å². The van der Waals surface area contributed by atoms with Gasteiger partial charge < -0.3 is 14.8 Å². The molecule has 0 fully saturated rings. The highest BCUT2D eigenvalue weighted by Crippen LogP contribution is 2.30. The second-order valence-electron chi connectivity index (χ2n) is 6.62. The normalized spacial score (nSPS) is 10.7. The number of para-hydroxylation sites is 2. The molecule has 2 heterocycles. The Bertz CT molecular complexity index is 1320. The summed E-state index contributed by atoms with van der Waals surface area (Å²) in [5.74, 6) is -0.526. The van der Waals surface area contributed by atoms with E-state index >= 15 is 0 Å². The first-order valence-electron chi connectivity index (χ1n) is 9.83. The highest BCUT2D eigenvalue weighted by Gasteiger charge is 2.23. The summed E-state index contributed by atoms with van der Waals surface area (Å²) in [5, 5.41) is 9.40. The molecule has 32 heavy (non-hydrogen) atoms. The Kier molecular flexibility index (Phi) is 6.27. The lowest BCUT2D eigenvalue weighted by Crippen LogP contribution is -2.26. The van der Waals surface area contributed by atoms with E-state index in [-0.39, 0.29) is 24.3 Å². The van der Waals surface area contributed by atoms with E-state index in [1.54, 1.807) is 60.8 Å². The molecule has 0 saturated carbocycles. The molecule has 9 heteroatoms. The molecule has 0 aliphatic rings. The summed E-state index contributed by atoms with van der Waals surface area (Å²) in [6.07, 6.45) is 0. The maximum absolute atomic E-state index is 13.3. The number of fused-ring (bicyclic) bond motifs is 1. The van der Waals surface area contributed by atoms with Crippen molar-refractivity contribution in [2.75, 3.05) is 18.5 Å². The summed E-state index contributed by atoms with van der Waals surface area (Å²) < 4.78 is 11.7.